The Balaban J connectivity index is 2.07. The number of benzene rings is 1. The van der Waals surface area contributed by atoms with Crippen LogP contribution in [0.2, 0.25) is 5.02 Å². The standard InChI is InChI=1S/C13H17ClN2O/c1-2-13(17)16-10-6-7-11(14)12(8-10)15-9-4-3-5-9/h6-9,15H,2-5H2,1H3,(H,16,17). The van der Waals surface area contributed by atoms with Gasteiger partial charge in [0, 0.05) is 18.2 Å². The van der Waals surface area contributed by atoms with E-state index in [-0.39, 0.29) is 5.91 Å². The van der Waals surface area contributed by atoms with Crippen LogP contribution in [0, 0.1) is 0 Å². The van der Waals surface area contributed by atoms with Crippen molar-refractivity contribution in [3.63, 3.8) is 0 Å². The van der Waals surface area contributed by atoms with Crippen LogP contribution in [0.5, 0.6) is 0 Å². The average molecular weight is 253 g/mol. The van der Waals surface area contributed by atoms with Crippen LogP contribution in [0.1, 0.15) is 32.6 Å². The van der Waals surface area contributed by atoms with E-state index in [1.165, 1.54) is 19.3 Å². The Kier molecular flexibility index (Phi) is 3.89. The molecule has 0 atom stereocenters. The second-order valence-corrected chi connectivity index (χ2v) is 4.78. The lowest BCUT2D eigenvalue weighted by Crippen LogP contribution is -2.27. The van der Waals surface area contributed by atoms with E-state index < -0.39 is 0 Å². The molecule has 1 aromatic carbocycles. The first-order valence-electron chi connectivity index (χ1n) is 6.05. The molecule has 2 N–H and O–H groups in total. The molecule has 1 aliphatic carbocycles. The fourth-order valence-corrected chi connectivity index (χ4v) is 1.91. The molecule has 1 amide bonds. The summed E-state index contributed by atoms with van der Waals surface area (Å²) < 4.78 is 0. The van der Waals surface area contributed by atoms with Crippen LogP contribution in [-0.2, 0) is 4.79 Å². The number of rotatable bonds is 4. The number of nitrogens with one attached hydrogen (secondary N) is 2. The number of hydrogen-bond donors (Lipinski definition) is 2. The molecular weight excluding hydrogens is 236 g/mol. The highest BCUT2D eigenvalue weighted by Crippen LogP contribution is 2.30. The van der Waals surface area contributed by atoms with Crippen molar-refractivity contribution in [2.24, 2.45) is 0 Å². The number of anilines is 2. The van der Waals surface area contributed by atoms with Gasteiger partial charge in [0.05, 0.1) is 10.7 Å². The number of amides is 1. The first-order chi connectivity index (χ1) is 8.19. The molecular formula is C13H17ClN2O. The van der Waals surface area contributed by atoms with E-state index >= 15 is 0 Å². The van der Waals surface area contributed by atoms with E-state index in [2.05, 4.69) is 10.6 Å². The van der Waals surface area contributed by atoms with Gasteiger partial charge in [0.25, 0.3) is 0 Å². The molecule has 0 unspecified atom stereocenters. The Morgan fingerprint density at radius 1 is 1.47 bits per heavy atom. The van der Waals surface area contributed by atoms with Crippen molar-refractivity contribution in [1.82, 2.24) is 0 Å². The zero-order valence-electron chi connectivity index (χ0n) is 9.92. The summed E-state index contributed by atoms with van der Waals surface area (Å²) in [5.41, 5.74) is 1.70. The predicted molar refractivity (Wildman–Crippen MR) is 71.6 cm³/mol. The van der Waals surface area contributed by atoms with Crippen LogP contribution in [0.25, 0.3) is 0 Å². The van der Waals surface area contributed by atoms with Crippen molar-refractivity contribution in [2.75, 3.05) is 10.6 Å². The summed E-state index contributed by atoms with van der Waals surface area (Å²) in [4.78, 5) is 11.3. The average Bonchev–Trinajstić information content (AvgIpc) is 2.27. The molecule has 0 spiro atoms. The van der Waals surface area contributed by atoms with Crippen molar-refractivity contribution >= 4 is 28.9 Å². The largest absolute Gasteiger partial charge is 0.381 e. The first-order valence-corrected chi connectivity index (χ1v) is 6.42. The van der Waals surface area contributed by atoms with Gasteiger partial charge in [-0.2, -0.15) is 0 Å². The summed E-state index contributed by atoms with van der Waals surface area (Å²) in [5, 5.41) is 6.93. The molecule has 92 valence electrons. The van der Waals surface area contributed by atoms with Crippen molar-refractivity contribution < 1.29 is 4.79 Å². The zero-order chi connectivity index (χ0) is 12.3. The first kappa shape index (κ1) is 12.2. The summed E-state index contributed by atoms with van der Waals surface area (Å²) in [7, 11) is 0. The van der Waals surface area contributed by atoms with Gasteiger partial charge in [-0.3, -0.25) is 4.79 Å². The van der Waals surface area contributed by atoms with Crippen LogP contribution in [0.15, 0.2) is 18.2 Å². The Morgan fingerprint density at radius 2 is 2.24 bits per heavy atom. The molecule has 4 heteroatoms. The van der Waals surface area contributed by atoms with E-state index in [9.17, 15) is 4.79 Å². The second kappa shape index (κ2) is 5.41. The van der Waals surface area contributed by atoms with E-state index in [1.54, 1.807) is 0 Å². The fourth-order valence-electron chi connectivity index (χ4n) is 1.74. The third kappa shape index (κ3) is 3.13. The predicted octanol–water partition coefficient (Wildman–Crippen LogP) is 3.65. The number of hydrogen-bond acceptors (Lipinski definition) is 2. The van der Waals surface area contributed by atoms with Crippen molar-refractivity contribution in [1.29, 1.82) is 0 Å². The third-order valence-corrected chi connectivity index (χ3v) is 3.37. The minimum Gasteiger partial charge on any atom is -0.381 e. The van der Waals surface area contributed by atoms with E-state index in [1.807, 2.05) is 25.1 Å². The molecule has 0 saturated heterocycles. The van der Waals surface area contributed by atoms with Gasteiger partial charge >= 0.3 is 0 Å². The lowest BCUT2D eigenvalue weighted by molar-refractivity contribution is -0.115. The topological polar surface area (TPSA) is 41.1 Å². The quantitative estimate of drug-likeness (QED) is 0.859. The zero-order valence-corrected chi connectivity index (χ0v) is 10.7. The van der Waals surface area contributed by atoms with Crippen molar-refractivity contribution in [2.45, 2.75) is 38.6 Å². The van der Waals surface area contributed by atoms with Gasteiger partial charge in [-0.25, -0.2) is 0 Å². The lowest BCUT2D eigenvalue weighted by atomic mass is 9.93. The summed E-state index contributed by atoms with van der Waals surface area (Å²) in [6, 6.07) is 6.06. The van der Waals surface area contributed by atoms with Gasteiger partial charge in [0.1, 0.15) is 0 Å². The Morgan fingerprint density at radius 3 is 2.82 bits per heavy atom. The molecule has 3 nitrogen and oxygen atoms in total. The number of carbonyl (C=O) groups excluding carboxylic acids is 1. The van der Waals surface area contributed by atoms with Gasteiger partial charge in [-0.1, -0.05) is 18.5 Å². The summed E-state index contributed by atoms with van der Waals surface area (Å²) in [6.45, 7) is 1.83. The Bertz CT molecular complexity index is 416. The normalized spacial score (nSPS) is 15.2. The summed E-state index contributed by atoms with van der Waals surface area (Å²) >= 11 is 6.12. The van der Waals surface area contributed by atoms with E-state index in [0.29, 0.717) is 17.5 Å². The van der Waals surface area contributed by atoms with Gasteiger partial charge in [-0.15, -0.1) is 0 Å². The van der Waals surface area contributed by atoms with Crippen LogP contribution >= 0.6 is 11.6 Å². The van der Waals surface area contributed by atoms with E-state index in [4.69, 9.17) is 11.6 Å². The highest BCUT2D eigenvalue weighted by Gasteiger charge is 2.18. The lowest BCUT2D eigenvalue weighted by Gasteiger charge is -2.28. The summed E-state index contributed by atoms with van der Waals surface area (Å²) in [6.07, 6.45) is 4.15. The Labute approximate surface area is 107 Å². The minimum absolute atomic E-state index is 0.0157. The number of halogens is 1. The molecule has 0 heterocycles. The fraction of sp³-hybridized carbons (Fsp3) is 0.462. The van der Waals surface area contributed by atoms with Crippen LogP contribution in [-0.4, -0.2) is 11.9 Å². The number of carbonyl (C=O) groups is 1. The van der Waals surface area contributed by atoms with Crippen LogP contribution < -0.4 is 10.6 Å². The maximum atomic E-state index is 11.3. The molecule has 0 aliphatic heterocycles. The second-order valence-electron chi connectivity index (χ2n) is 4.37. The van der Waals surface area contributed by atoms with Crippen molar-refractivity contribution in [3.8, 4) is 0 Å². The van der Waals surface area contributed by atoms with Crippen molar-refractivity contribution in [3.05, 3.63) is 23.2 Å². The Hall–Kier alpha value is -1.22. The smallest absolute Gasteiger partial charge is 0.224 e. The highest BCUT2D eigenvalue weighted by molar-refractivity contribution is 6.33. The molecule has 0 aromatic heterocycles. The molecule has 2 rings (SSSR count). The molecule has 1 saturated carbocycles. The SMILES string of the molecule is CCC(=O)Nc1ccc(Cl)c(NC2CCC2)c1. The van der Waals surface area contributed by atoms with Gasteiger partial charge < -0.3 is 10.6 Å². The monoisotopic (exact) mass is 252 g/mol. The molecule has 0 radical (unpaired) electrons. The van der Waals surface area contributed by atoms with E-state index in [0.717, 1.165) is 11.4 Å². The molecule has 0 bridgehead atoms. The third-order valence-electron chi connectivity index (χ3n) is 3.04. The van der Waals surface area contributed by atoms with Gasteiger partial charge in [0.15, 0.2) is 0 Å². The van der Waals surface area contributed by atoms with Crippen LogP contribution in [0.4, 0.5) is 11.4 Å². The molecule has 1 aliphatic rings. The van der Waals surface area contributed by atoms with Crippen LogP contribution in [0.3, 0.4) is 0 Å². The maximum absolute atomic E-state index is 11.3. The van der Waals surface area contributed by atoms with Gasteiger partial charge in [-0.05, 0) is 37.5 Å². The molecule has 1 aromatic rings. The molecule has 1 fully saturated rings. The highest BCUT2D eigenvalue weighted by atomic mass is 35.5. The minimum atomic E-state index is 0.0157. The summed E-state index contributed by atoms with van der Waals surface area (Å²) in [5.74, 6) is 0.0157. The van der Waals surface area contributed by atoms with Gasteiger partial charge in [0.2, 0.25) is 5.91 Å². The maximum Gasteiger partial charge on any atom is 0.224 e. The molecule has 17 heavy (non-hydrogen) atoms.